The Labute approximate surface area is 390 Å². The van der Waals surface area contributed by atoms with Crippen LogP contribution >= 0.6 is 22.7 Å². The molecule has 3 heterocycles. The average molecular weight is 953 g/mol. The molecule has 66 heavy (non-hydrogen) atoms. The van der Waals surface area contributed by atoms with Crippen molar-refractivity contribution in [3.8, 4) is 0 Å². The zero-order valence-corrected chi connectivity index (χ0v) is 38.9. The number of sulfonamides is 1. The summed E-state index contributed by atoms with van der Waals surface area (Å²) in [5.74, 6) is -2.38. The molecule has 16 nitrogen and oxygen atoms in total. The third kappa shape index (κ3) is 13.5. The molecule has 0 aliphatic rings. The van der Waals surface area contributed by atoms with Crippen LogP contribution in [0.3, 0.4) is 0 Å². The second kappa shape index (κ2) is 24.3. The van der Waals surface area contributed by atoms with E-state index in [0.29, 0.717) is 59.6 Å². The first-order chi connectivity index (χ1) is 31.8. The zero-order valence-electron chi connectivity index (χ0n) is 36.5. The summed E-state index contributed by atoms with van der Waals surface area (Å²) in [5.41, 5.74) is 4.48. The molecular formula is C47H48N6O10S3. The molecule has 6 rings (SSSR count). The molecule has 0 bridgehead atoms. The molecular weight excluding hydrogens is 905 g/mol. The molecule has 0 fully saturated rings. The molecule has 0 spiro atoms. The number of nitrogens with zero attached hydrogens (tertiary/aromatic N) is 2. The van der Waals surface area contributed by atoms with Crippen LogP contribution in [0.25, 0.3) is 0 Å². The zero-order chi connectivity index (χ0) is 47.6. The van der Waals surface area contributed by atoms with Crippen molar-refractivity contribution in [1.29, 1.82) is 0 Å². The first-order valence-corrected chi connectivity index (χ1v) is 23.8. The number of rotatable bonds is 18. The number of carbonyl (C=O) groups is 6. The fourth-order valence-corrected chi connectivity index (χ4v) is 9.25. The number of thiophene rings is 2. The van der Waals surface area contributed by atoms with Crippen LogP contribution in [-0.4, -0.2) is 80.6 Å². The minimum absolute atomic E-state index is 0.131. The van der Waals surface area contributed by atoms with Crippen molar-refractivity contribution in [3.63, 3.8) is 0 Å². The summed E-state index contributed by atoms with van der Waals surface area (Å²) in [6.45, 7) is 5.22. The smallest absolute Gasteiger partial charge is 0.337 e. The molecule has 4 N–H and O–H groups in total. The molecule has 3 aromatic carbocycles. The third-order valence-electron chi connectivity index (χ3n) is 9.56. The molecule has 0 atom stereocenters. The van der Waals surface area contributed by atoms with Crippen molar-refractivity contribution in [2.45, 2.75) is 44.7 Å². The van der Waals surface area contributed by atoms with Gasteiger partial charge in [-0.2, -0.15) is 4.31 Å². The summed E-state index contributed by atoms with van der Waals surface area (Å²) in [6, 6.07) is 24.2. The lowest BCUT2D eigenvalue weighted by molar-refractivity contribution is 0.0592. The molecule has 344 valence electrons. The summed E-state index contributed by atoms with van der Waals surface area (Å²) in [6.07, 6.45) is 2.94. The van der Waals surface area contributed by atoms with Crippen molar-refractivity contribution in [3.05, 3.63) is 163 Å². The monoisotopic (exact) mass is 952 g/mol. The van der Waals surface area contributed by atoms with Crippen LogP contribution < -0.4 is 21.3 Å². The van der Waals surface area contributed by atoms with E-state index in [9.17, 15) is 37.2 Å². The predicted octanol–water partition coefficient (Wildman–Crippen LogP) is 7.64. The Morgan fingerprint density at radius 3 is 1.45 bits per heavy atom. The summed E-state index contributed by atoms with van der Waals surface area (Å²) < 4.78 is 36.7. The normalized spacial score (nSPS) is 10.8. The lowest BCUT2D eigenvalue weighted by Crippen LogP contribution is -2.32. The standard InChI is InChI=1S/C27H31N3O6S2.C20H17N3O4S/c1-4-14-30(15-5-2)38(34,35)22-12-10-20(11-13-22)25(31)29-24-18-37-17-23(24)26(32)28-16-19-6-8-21(9-7-19)27(33)36-3;1-27-20(26)14-7-5-13(6-8-14)10-22-18(24)15-11-28-12-17(15)23-19(25)16-4-2-3-9-21-16/h6-13,17-18H,4-5,14-16H2,1-3H3,(H,28,32)(H,29,31);2-9,11-12H,10H2,1H3,(H,22,24)(H,23,25). The molecule has 0 saturated heterocycles. The molecule has 0 unspecified atom stereocenters. The van der Waals surface area contributed by atoms with Gasteiger partial charge in [0.2, 0.25) is 10.0 Å². The van der Waals surface area contributed by atoms with Crippen molar-refractivity contribution in [1.82, 2.24) is 19.9 Å². The Morgan fingerprint density at radius 1 is 0.576 bits per heavy atom. The van der Waals surface area contributed by atoms with E-state index in [4.69, 9.17) is 0 Å². The van der Waals surface area contributed by atoms with E-state index in [1.807, 2.05) is 13.8 Å². The topological polar surface area (TPSA) is 219 Å². The predicted molar refractivity (Wildman–Crippen MR) is 252 cm³/mol. The Balaban J connectivity index is 0.000000259. The second-order valence-electron chi connectivity index (χ2n) is 14.2. The van der Waals surface area contributed by atoms with E-state index in [1.54, 1.807) is 88.3 Å². The number of benzene rings is 3. The van der Waals surface area contributed by atoms with Gasteiger partial charge in [-0.1, -0.05) is 44.2 Å². The number of aromatic nitrogens is 1. The van der Waals surface area contributed by atoms with E-state index in [2.05, 4.69) is 35.7 Å². The number of hydrogen-bond acceptors (Lipinski definition) is 13. The van der Waals surface area contributed by atoms with Gasteiger partial charge in [0, 0.05) is 59.5 Å². The van der Waals surface area contributed by atoms with Gasteiger partial charge in [0.05, 0.1) is 52.7 Å². The van der Waals surface area contributed by atoms with Gasteiger partial charge in [-0.15, -0.1) is 22.7 Å². The maximum absolute atomic E-state index is 13.0. The lowest BCUT2D eigenvalue weighted by atomic mass is 10.1. The van der Waals surface area contributed by atoms with Gasteiger partial charge in [-0.3, -0.25) is 24.2 Å². The van der Waals surface area contributed by atoms with Gasteiger partial charge >= 0.3 is 11.9 Å². The highest BCUT2D eigenvalue weighted by molar-refractivity contribution is 7.89. The first-order valence-electron chi connectivity index (χ1n) is 20.5. The lowest BCUT2D eigenvalue weighted by Gasteiger charge is -2.21. The van der Waals surface area contributed by atoms with Gasteiger partial charge in [-0.05, 0) is 84.6 Å². The van der Waals surface area contributed by atoms with Gasteiger partial charge in [0.1, 0.15) is 5.69 Å². The summed E-state index contributed by atoms with van der Waals surface area (Å²) >= 11 is 2.58. The molecule has 4 amide bonds. The van der Waals surface area contributed by atoms with Crippen LogP contribution in [0.15, 0.2) is 124 Å². The van der Waals surface area contributed by atoms with Crippen LogP contribution in [0.4, 0.5) is 11.4 Å². The molecule has 0 aliphatic carbocycles. The van der Waals surface area contributed by atoms with Crippen molar-refractivity contribution >= 4 is 79.6 Å². The maximum Gasteiger partial charge on any atom is 0.337 e. The largest absolute Gasteiger partial charge is 0.465 e. The van der Waals surface area contributed by atoms with E-state index < -0.39 is 27.9 Å². The quantitative estimate of drug-likeness (QED) is 0.0614. The van der Waals surface area contributed by atoms with Crippen LogP contribution in [0.2, 0.25) is 0 Å². The number of hydrogen-bond donors (Lipinski definition) is 4. The van der Waals surface area contributed by atoms with E-state index in [-0.39, 0.29) is 47.0 Å². The molecule has 19 heteroatoms. The maximum atomic E-state index is 13.0. The number of carbonyl (C=O) groups excluding carboxylic acids is 6. The summed E-state index contributed by atoms with van der Waals surface area (Å²) in [5, 5.41) is 17.7. The van der Waals surface area contributed by atoms with E-state index >= 15 is 0 Å². The number of esters is 2. The molecule has 3 aromatic heterocycles. The second-order valence-corrected chi connectivity index (χ2v) is 17.6. The Hall–Kier alpha value is -7.06. The Bertz CT molecular complexity index is 2720. The number of methoxy groups -OCH3 is 2. The number of nitrogens with one attached hydrogen (secondary N) is 4. The fraction of sp³-hybridized carbons (Fsp3) is 0.213. The summed E-state index contributed by atoms with van der Waals surface area (Å²) in [7, 11) is -1.02. The fourth-order valence-electron chi connectivity index (χ4n) is 6.10. The molecule has 0 saturated carbocycles. The third-order valence-corrected chi connectivity index (χ3v) is 13.0. The number of amides is 4. The van der Waals surface area contributed by atoms with Gasteiger partial charge in [-0.25, -0.2) is 18.0 Å². The SMILES string of the molecule is CCCN(CCC)S(=O)(=O)c1ccc(C(=O)Nc2cscc2C(=O)NCc2ccc(C(=O)OC)cc2)cc1.COC(=O)c1ccc(CNC(=O)c2cscc2NC(=O)c2ccccn2)cc1. The van der Waals surface area contributed by atoms with Crippen LogP contribution in [0.5, 0.6) is 0 Å². The highest BCUT2D eigenvalue weighted by atomic mass is 32.2. The minimum Gasteiger partial charge on any atom is -0.465 e. The Morgan fingerprint density at radius 2 is 1.03 bits per heavy atom. The van der Waals surface area contributed by atoms with Crippen LogP contribution in [0.1, 0.15) is 100 Å². The Kier molecular flexibility index (Phi) is 18.4. The van der Waals surface area contributed by atoms with Gasteiger partial charge in [0.15, 0.2) is 0 Å². The number of ether oxygens (including phenoxy) is 2. The highest BCUT2D eigenvalue weighted by Crippen LogP contribution is 2.24. The minimum atomic E-state index is -3.65. The number of anilines is 2. The van der Waals surface area contributed by atoms with Crippen molar-refractivity contribution in [2.24, 2.45) is 0 Å². The number of pyridine rings is 1. The molecule has 6 aromatic rings. The first kappa shape index (κ1) is 49.9. The van der Waals surface area contributed by atoms with E-state index in [0.717, 1.165) is 11.1 Å². The van der Waals surface area contributed by atoms with Gasteiger partial charge < -0.3 is 30.7 Å². The van der Waals surface area contributed by atoms with Crippen molar-refractivity contribution < 1.29 is 46.7 Å². The highest BCUT2D eigenvalue weighted by Gasteiger charge is 2.24. The van der Waals surface area contributed by atoms with Gasteiger partial charge in [0.25, 0.3) is 23.6 Å². The molecule has 0 aliphatic heterocycles. The average Bonchev–Trinajstić information content (AvgIpc) is 4.02. The summed E-state index contributed by atoms with van der Waals surface area (Å²) in [4.78, 5) is 77.5. The van der Waals surface area contributed by atoms with E-state index in [1.165, 1.54) is 71.7 Å². The van der Waals surface area contributed by atoms with Crippen LogP contribution in [0, 0.1) is 0 Å². The van der Waals surface area contributed by atoms with Crippen molar-refractivity contribution in [2.75, 3.05) is 37.9 Å². The molecule has 0 radical (unpaired) electrons. The van der Waals surface area contributed by atoms with Crippen LogP contribution in [-0.2, 0) is 32.6 Å².